The molecule has 0 heterocycles. The molecule has 9 aromatic carbocycles. The zero-order valence-electron chi connectivity index (χ0n) is 27.4. The molecule has 0 aromatic heterocycles. The van der Waals surface area contributed by atoms with E-state index in [1.807, 2.05) is 18.2 Å². The van der Waals surface area contributed by atoms with Crippen LogP contribution in [-0.4, -0.2) is 0 Å². The Kier molecular flexibility index (Phi) is 5.91. The van der Waals surface area contributed by atoms with Crippen LogP contribution in [0.15, 0.2) is 151 Å². The molecular weight excluding hydrogens is 609 g/mol. The van der Waals surface area contributed by atoms with Gasteiger partial charge in [-0.1, -0.05) is 60.7 Å². The Balaban J connectivity index is 1.16. The van der Waals surface area contributed by atoms with Crippen LogP contribution in [-0.2, 0) is 5.54 Å². The Bertz CT molecular complexity index is 2990. The maximum atomic E-state index is 7.31. The maximum Gasteiger partial charge on any atom is 0.0665 e. The summed E-state index contributed by atoms with van der Waals surface area (Å²) in [6, 6.07) is 48.2. The summed E-state index contributed by atoms with van der Waals surface area (Å²) in [6.45, 7) is 0. The average Bonchev–Trinajstić information content (AvgIpc) is 3.09. The minimum atomic E-state index is -0.822. The molecule has 1 atom stereocenters. The molecule has 0 aliphatic heterocycles. The van der Waals surface area contributed by atoms with Gasteiger partial charge in [0.2, 0.25) is 0 Å². The van der Waals surface area contributed by atoms with Gasteiger partial charge < -0.3 is 22.9 Å². The second kappa shape index (κ2) is 10.3. The van der Waals surface area contributed by atoms with Gasteiger partial charge in [-0.3, -0.25) is 0 Å². The van der Waals surface area contributed by atoms with E-state index in [0.29, 0.717) is 17.8 Å². The molecule has 4 nitrogen and oxygen atoms in total. The first kappa shape index (κ1) is 28.6. The second-order valence-corrected chi connectivity index (χ2v) is 14.1. The van der Waals surface area contributed by atoms with Crippen LogP contribution in [0.25, 0.3) is 81.0 Å². The van der Waals surface area contributed by atoms with E-state index in [-0.39, 0.29) is 0 Å². The van der Waals surface area contributed by atoms with E-state index in [9.17, 15) is 0 Å². The predicted molar refractivity (Wildman–Crippen MR) is 215 cm³/mol. The predicted octanol–water partition coefficient (Wildman–Crippen LogP) is 10.4. The molecule has 0 radical (unpaired) electrons. The molecule has 0 saturated carbocycles. The van der Waals surface area contributed by atoms with Crippen molar-refractivity contribution in [2.45, 2.75) is 12.0 Å². The van der Waals surface area contributed by atoms with E-state index in [0.717, 1.165) is 33.2 Å². The highest BCUT2D eigenvalue weighted by molar-refractivity contribution is 6.18. The van der Waals surface area contributed by atoms with E-state index in [1.165, 1.54) is 64.6 Å². The van der Waals surface area contributed by atoms with Crippen LogP contribution in [0.2, 0.25) is 0 Å². The molecule has 10 rings (SSSR count). The highest BCUT2D eigenvalue weighted by Crippen LogP contribution is 2.41. The number of allylic oxidation sites excluding steroid dienone is 2. The van der Waals surface area contributed by atoms with Crippen LogP contribution in [0.3, 0.4) is 0 Å². The van der Waals surface area contributed by atoms with Crippen LogP contribution in [0.4, 0.5) is 11.4 Å². The van der Waals surface area contributed by atoms with Crippen molar-refractivity contribution in [3.8, 4) is 0 Å². The highest BCUT2D eigenvalue weighted by Gasteiger charge is 2.31. The smallest absolute Gasteiger partial charge is 0.0665 e. The summed E-state index contributed by atoms with van der Waals surface area (Å²) in [5, 5.41) is 17.1. The van der Waals surface area contributed by atoms with Gasteiger partial charge in [0.1, 0.15) is 0 Å². The number of fused-ring (bicyclic) bond motifs is 8. The molecule has 8 N–H and O–H groups in total. The molecule has 4 heteroatoms. The van der Waals surface area contributed by atoms with Gasteiger partial charge in [0.25, 0.3) is 0 Å². The zero-order valence-corrected chi connectivity index (χ0v) is 27.4. The molecular formula is C46H34N4. The molecule has 0 saturated heterocycles. The molecule has 50 heavy (non-hydrogen) atoms. The Labute approximate surface area is 288 Å². The first-order chi connectivity index (χ1) is 24.3. The third-order valence-corrected chi connectivity index (χ3v) is 10.6. The van der Waals surface area contributed by atoms with Gasteiger partial charge in [0.15, 0.2) is 0 Å². The summed E-state index contributed by atoms with van der Waals surface area (Å²) >= 11 is 0. The van der Waals surface area contributed by atoms with Crippen molar-refractivity contribution in [1.82, 2.24) is 0 Å². The minimum absolute atomic E-state index is 0.505. The number of hydrogen-bond donors (Lipinski definition) is 4. The van der Waals surface area contributed by atoms with Gasteiger partial charge >= 0.3 is 0 Å². The van der Waals surface area contributed by atoms with Crippen LogP contribution in [0.5, 0.6) is 0 Å². The first-order valence-corrected chi connectivity index (χ1v) is 17.0. The lowest BCUT2D eigenvalue weighted by atomic mass is 9.78. The minimum Gasteiger partial charge on any atom is -0.402 e. The van der Waals surface area contributed by atoms with E-state index in [4.69, 9.17) is 22.9 Å². The van der Waals surface area contributed by atoms with Gasteiger partial charge in [-0.2, -0.15) is 0 Å². The van der Waals surface area contributed by atoms with Gasteiger partial charge in [-0.15, -0.1) is 0 Å². The summed E-state index contributed by atoms with van der Waals surface area (Å²) in [6.07, 6.45) is 4.60. The Hall–Kier alpha value is -6.36. The number of nitrogen functional groups attached to an aromatic ring is 2. The molecule has 0 amide bonds. The number of nitrogens with two attached hydrogens (primary N) is 4. The Morgan fingerprint density at radius 3 is 1.48 bits per heavy atom. The lowest BCUT2D eigenvalue weighted by Gasteiger charge is -2.32. The van der Waals surface area contributed by atoms with Crippen molar-refractivity contribution < 1.29 is 0 Å². The van der Waals surface area contributed by atoms with Crippen LogP contribution < -0.4 is 22.9 Å². The zero-order chi connectivity index (χ0) is 33.7. The van der Waals surface area contributed by atoms with Crippen molar-refractivity contribution in [1.29, 1.82) is 0 Å². The monoisotopic (exact) mass is 642 g/mol. The van der Waals surface area contributed by atoms with E-state index < -0.39 is 5.54 Å². The second-order valence-electron chi connectivity index (χ2n) is 14.1. The lowest BCUT2D eigenvalue weighted by Crippen LogP contribution is -2.38. The van der Waals surface area contributed by atoms with Crippen LogP contribution in [0, 0.1) is 0 Å². The third kappa shape index (κ3) is 4.50. The summed E-state index contributed by atoms with van der Waals surface area (Å²) in [5.41, 5.74) is 30.2. The largest absolute Gasteiger partial charge is 0.402 e. The number of anilines is 2. The summed E-state index contributed by atoms with van der Waals surface area (Å²) in [5.74, 6) is 0. The quantitative estimate of drug-likeness (QED) is 0.0855. The maximum absolute atomic E-state index is 7.31. The normalized spacial score (nSPS) is 16.6. The molecule has 9 aromatic rings. The number of rotatable bonds is 2. The van der Waals surface area contributed by atoms with Gasteiger partial charge in [-0.05, 0) is 177 Å². The van der Waals surface area contributed by atoms with Crippen molar-refractivity contribution in [3.05, 3.63) is 162 Å². The molecule has 1 aliphatic rings. The summed E-state index contributed by atoms with van der Waals surface area (Å²) in [7, 11) is 0. The molecule has 1 aliphatic carbocycles. The van der Waals surface area contributed by atoms with Crippen molar-refractivity contribution >= 4 is 92.4 Å². The van der Waals surface area contributed by atoms with E-state index in [2.05, 4.69) is 121 Å². The average molecular weight is 643 g/mol. The SMILES string of the molecule is NC1=CC(c2cc(N)cc(N)c2)=CC(N)(c2cccc3cc4cc5ccc6cc7cc8cc9ccccc9cc8cc7cc6c5cc4cc23)C1. The standard InChI is InChI=1S/C46H34N4/c47-39-17-36(18-40(48)23-39)38-19-41(49)25-46(50,24-38)45-7-3-6-28-12-33-13-29-8-9-30-14-34-15-31-10-26-4-1-2-5-27(26)11-32(31)16-35(34)20-42(30)43(29)21-37(33)22-44(28)45/h1-24H,25,47-50H2. The molecule has 0 fully saturated rings. The molecule has 1 unspecified atom stereocenters. The molecule has 0 bridgehead atoms. The highest BCUT2D eigenvalue weighted by atomic mass is 14.8. The van der Waals surface area contributed by atoms with E-state index >= 15 is 0 Å². The van der Waals surface area contributed by atoms with Crippen LogP contribution >= 0.6 is 0 Å². The molecule has 238 valence electrons. The Morgan fingerprint density at radius 2 is 0.880 bits per heavy atom. The summed E-state index contributed by atoms with van der Waals surface area (Å²) < 4.78 is 0. The fourth-order valence-electron chi connectivity index (χ4n) is 8.32. The first-order valence-electron chi connectivity index (χ1n) is 17.0. The van der Waals surface area contributed by atoms with Crippen LogP contribution in [0.1, 0.15) is 17.5 Å². The van der Waals surface area contributed by atoms with Gasteiger partial charge in [0, 0.05) is 23.5 Å². The van der Waals surface area contributed by atoms with Gasteiger partial charge in [-0.25, -0.2) is 0 Å². The number of benzene rings is 9. The lowest BCUT2D eigenvalue weighted by molar-refractivity contribution is 0.553. The fraction of sp³-hybridized carbons (Fsp3) is 0.0435. The van der Waals surface area contributed by atoms with E-state index in [1.54, 1.807) is 6.07 Å². The third-order valence-electron chi connectivity index (χ3n) is 10.6. The molecule has 0 spiro atoms. The Morgan fingerprint density at radius 1 is 0.420 bits per heavy atom. The van der Waals surface area contributed by atoms with Crippen molar-refractivity contribution in [2.24, 2.45) is 11.5 Å². The number of hydrogen-bond acceptors (Lipinski definition) is 4. The van der Waals surface area contributed by atoms with Crippen molar-refractivity contribution in [3.63, 3.8) is 0 Å². The topological polar surface area (TPSA) is 104 Å². The summed E-state index contributed by atoms with van der Waals surface area (Å²) in [4.78, 5) is 0. The van der Waals surface area contributed by atoms with Crippen molar-refractivity contribution in [2.75, 3.05) is 11.5 Å². The fourth-order valence-corrected chi connectivity index (χ4v) is 8.32. The van der Waals surface area contributed by atoms with Gasteiger partial charge in [0.05, 0.1) is 5.54 Å².